The zero-order chi connectivity index (χ0) is 67.2. The van der Waals surface area contributed by atoms with Gasteiger partial charge in [-0.3, -0.25) is 52.7 Å². The van der Waals surface area contributed by atoms with E-state index in [2.05, 4.69) is 62.5 Å². The molecule has 15 N–H and O–H groups in total. The lowest BCUT2D eigenvalue weighted by Crippen LogP contribution is -2.63. The predicted octanol–water partition coefficient (Wildman–Crippen LogP) is 1.54. The summed E-state index contributed by atoms with van der Waals surface area (Å²) in [6.45, 7) is 1.11. The number of benzene rings is 4. The number of carbonyl (C=O) groups excluding carboxylic acids is 10. The summed E-state index contributed by atoms with van der Waals surface area (Å²) >= 11 is 0. The molecule has 10 rings (SSSR count). The van der Waals surface area contributed by atoms with Gasteiger partial charge in [-0.15, -0.1) is 0 Å². The molecule has 6 heterocycles. The molecule has 29 heteroatoms. The third-order valence-electron chi connectivity index (χ3n) is 16.7. The number of fused-ring (bicyclic) bond motifs is 32. The third-order valence-corrected chi connectivity index (χ3v) is 16.7. The highest BCUT2D eigenvalue weighted by atomic mass is 19.1. The predicted molar refractivity (Wildman–Crippen MR) is 334 cm³/mol. The molecular weight excluding hydrogens is 1220 g/mol. The first-order chi connectivity index (χ1) is 45.0. The lowest BCUT2D eigenvalue weighted by atomic mass is 9.94. The van der Waals surface area contributed by atoms with Gasteiger partial charge >= 0.3 is 5.97 Å². The maximum Gasteiger partial charge on any atom is 0.305 e. The van der Waals surface area contributed by atoms with E-state index in [1.54, 1.807) is 12.1 Å². The molecule has 0 radical (unpaired) electrons. The zero-order valence-corrected chi connectivity index (χ0v) is 51.1. The number of rotatable bonds is 11. The quantitative estimate of drug-likeness (QED) is 0.0818. The summed E-state index contributed by atoms with van der Waals surface area (Å²) in [5.74, 6) is -11.6. The van der Waals surface area contributed by atoms with Gasteiger partial charge in [0.25, 0.3) is 5.91 Å². The van der Waals surface area contributed by atoms with Crippen molar-refractivity contribution in [2.24, 2.45) is 5.73 Å². The first-order valence-corrected chi connectivity index (χ1v) is 30.5. The molecule has 94 heavy (non-hydrogen) atoms. The van der Waals surface area contributed by atoms with Crippen LogP contribution >= 0.6 is 0 Å². The first kappa shape index (κ1) is 67.4. The minimum absolute atomic E-state index is 0.00157. The highest BCUT2D eigenvalue weighted by Gasteiger charge is 2.48. The number of hydrogen-bond acceptors (Lipinski definition) is 13. The number of hydrogen-bond donors (Lipinski definition) is 14. The van der Waals surface area contributed by atoms with Crippen LogP contribution in [0.5, 0.6) is 5.75 Å². The summed E-state index contributed by atoms with van der Waals surface area (Å²) in [6.07, 6.45) is 4.67. The van der Waals surface area contributed by atoms with Gasteiger partial charge in [0, 0.05) is 103 Å². The summed E-state index contributed by atoms with van der Waals surface area (Å²) < 4.78 is 29.2. The van der Waals surface area contributed by atoms with E-state index in [0.29, 0.717) is 69.7 Å². The minimum Gasteiger partial charge on any atom is -0.508 e. The van der Waals surface area contributed by atoms with Crippen molar-refractivity contribution in [1.29, 1.82) is 0 Å². The lowest BCUT2D eigenvalue weighted by molar-refractivity contribution is -0.147. The van der Waals surface area contributed by atoms with Crippen molar-refractivity contribution in [2.45, 2.75) is 126 Å². The number of nitrogens with zero attached hydrogens (tertiary/aromatic N) is 2. The number of aromatic hydroxyl groups is 1. The SMILES string of the molecule is C[C@@]12CCCN1C(=O)[C@H](Cc1ccc(O)cc1)NC(=O)[C@H](Cc1cnc[nH]1)NC(=O)[C@H](CC(=O)O)NC(=O)[C@H](Cc1c[nH]c3cc(F)ccc13)NC(=O)[C@H](Cc1c[nH]c3ccc(F)cc13)NC(=O)CNC(=O)CCCCCNC(=O)c1ccc(cc1)C[C@@H](C(N)=O)NC2=O. The molecule has 0 saturated carbocycles. The number of phenolic OH excluding ortho intramolecular Hbond substituents is 1. The molecule has 0 aliphatic carbocycles. The van der Waals surface area contributed by atoms with Crippen LogP contribution in [0.3, 0.4) is 0 Å². The van der Waals surface area contributed by atoms with Crippen LogP contribution < -0.4 is 48.3 Å². The van der Waals surface area contributed by atoms with Gasteiger partial charge in [0.15, 0.2) is 0 Å². The number of aromatic nitrogens is 4. The van der Waals surface area contributed by atoms with Crippen molar-refractivity contribution >= 4 is 86.8 Å². The van der Waals surface area contributed by atoms with Gasteiger partial charge in [0.1, 0.15) is 59.2 Å². The average molecular weight is 1300 g/mol. The van der Waals surface area contributed by atoms with E-state index in [-0.39, 0.29) is 68.6 Å². The molecule has 10 amide bonds. The van der Waals surface area contributed by atoms with Crippen molar-refractivity contribution in [3.63, 3.8) is 0 Å². The molecule has 27 nitrogen and oxygen atoms in total. The number of H-pyrrole nitrogens is 3. The number of nitrogens with one attached hydrogen (secondary N) is 11. The Morgan fingerprint density at radius 1 is 0.638 bits per heavy atom. The molecule has 3 aromatic heterocycles. The highest BCUT2D eigenvalue weighted by Crippen LogP contribution is 2.31. The maximum atomic E-state index is 15.1. The second-order valence-corrected chi connectivity index (χ2v) is 23.6. The Morgan fingerprint density at radius 3 is 1.95 bits per heavy atom. The van der Waals surface area contributed by atoms with E-state index in [1.807, 2.05) is 0 Å². The van der Waals surface area contributed by atoms with Gasteiger partial charge in [-0.25, -0.2) is 13.8 Å². The highest BCUT2D eigenvalue weighted by molar-refractivity contribution is 6.01. The largest absolute Gasteiger partial charge is 0.508 e. The minimum atomic E-state index is -2.02. The van der Waals surface area contributed by atoms with Crippen LogP contribution in [-0.4, -0.2) is 162 Å². The first-order valence-electron chi connectivity index (χ1n) is 30.5. The number of aliphatic carboxylic acids is 1. The van der Waals surface area contributed by atoms with Crippen LogP contribution in [0.2, 0.25) is 0 Å². The standard InChI is InChI=1S/C65H72F2N14O13/c1-65-19-5-21-81(65)63(93)53(23-36-9-15-43(82)16-10-36)79-61(91)51(28-42-32-69-34-74-42)77-62(92)52(29-56(85)86)78-60(90)50(24-38-30-72-47-27-41(67)13-17-44(38)47)76-59(89)49(25-39-31-71-46-18-14-40(66)26-45(39)46)75-55(84)33-73-54(83)6-3-2-4-20-70-58(88)37-11-7-35(8-12-37)22-48(57(68)87)80-64(65)94/h7-18,26-27,30-32,34,48-53,71-72,82H,2-6,19-25,28-29,33H2,1H3,(H2,68,87)(H,69,74)(H,70,88)(H,73,83)(H,75,84)(H,76,89)(H,77,92)(H,78,90)(H,79,91)(H,80,94)(H,85,86)/t48-,49-,50-,51-,52-,53-,65-/m0/s1. The van der Waals surface area contributed by atoms with Gasteiger partial charge in [0.2, 0.25) is 53.2 Å². The van der Waals surface area contributed by atoms with Gasteiger partial charge < -0.3 is 78.3 Å². The number of aromatic amines is 3. The van der Waals surface area contributed by atoms with Crippen LogP contribution in [0.15, 0.2) is 110 Å². The molecule has 494 valence electrons. The smallest absolute Gasteiger partial charge is 0.305 e. The fraction of sp³-hybridized carbons (Fsp3) is 0.354. The normalized spacial score (nSPS) is 22.5. The van der Waals surface area contributed by atoms with Gasteiger partial charge in [-0.1, -0.05) is 30.7 Å². The average Bonchev–Trinajstić information content (AvgIpc) is 1.59. The molecule has 2 bridgehead atoms. The van der Waals surface area contributed by atoms with E-state index < -0.39 is 138 Å². The number of imidazole rings is 1. The van der Waals surface area contributed by atoms with Crippen molar-refractivity contribution < 1.29 is 71.7 Å². The number of carboxylic acids is 1. The van der Waals surface area contributed by atoms with Gasteiger partial charge in [-0.05, 0) is 116 Å². The van der Waals surface area contributed by atoms with Gasteiger partial charge in [-0.2, -0.15) is 0 Å². The second-order valence-electron chi connectivity index (χ2n) is 23.6. The van der Waals surface area contributed by atoms with Crippen molar-refractivity contribution in [3.05, 3.63) is 155 Å². The van der Waals surface area contributed by atoms with E-state index in [4.69, 9.17) is 5.73 Å². The van der Waals surface area contributed by atoms with Crippen LogP contribution in [0, 0.1) is 11.6 Å². The van der Waals surface area contributed by atoms with E-state index in [1.165, 1.54) is 103 Å². The maximum absolute atomic E-state index is 15.1. The van der Waals surface area contributed by atoms with Crippen LogP contribution in [0.25, 0.3) is 21.8 Å². The molecular formula is C65H72F2N14O13. The zero-order valence-electron chi connectivity index (χ0n) is 51.1. The molecule has 3 aliphatic rings. The summed E-state index contributed by atoms with van der Waals surface area (Å²) in [7, 11) is 0. The van der Waals surface area contributed by atoms with Crippen LogP contribution in [0.4, 0.5) is 8.78 Å². The molecule has 4 aromatic carbocycles. The molecule has 7 aromatic rings. The summed E-state index contributed by atoms with van der Waals surface area (Å²) in [4.78, 5) is 169. The molecule has 3 aliphatic heterocycles. The number of primary amides is 1. The molecule has 1 saturated heterocycles. The van der Waals surface area contributed by atoms with Crippen LogP contribution in [-0.2, 0) is 80.0 Å². The fourth-order valence-corrected chi connectivity index (χ4v) is 11.6. The third kappa shape index (κ3) is 17.3. The molecule has 0 spiro atoms. The Kier molecular flexibility index (Phi) is 21.8. The summed E-state index contributed by atoms with van der Waals surface area (Å²) in [6, 6.07) is 9.76. The fourth-order valence-electron chi connectivity index (χ4n) is 11.6. The van der Waals surface area contributed by atoms with Crippen molar-refractivity contribution in [2.75, 3.05) is 19.6 Å². The topological polar surface area (TPSA) is 414 Å². The monoisotopic (exact) mass is 1290 g/mol. The Morgan fingerprint density at radius 2 is 1.27 bits per heavy atom. The van der Waals surface area contributed by atoms with E-state index in [9.17, 15) is 66.9 Å². The number of nitrogens with two attached hydrogens (primary N) is 1. The Bertz CT molecular complexity index is 3970. The van der Waals surface area contributed by atoms with Crippen molar-refractivity contribution in [3.8, 4) is 5.75 Å². The Hall–Kier alpha value is -11.0. The van der Waals surface area contributed by atoms with Gasteiger partial charge in [0.05, 0.1) is 19.3 Å². The number of carbonyl (C=O) groups is 11. The molecule has 7 atom stereocenters. The number of phenols is 1. The Labute approximate surface area is 535 Å². The number of halogens is 2. The number of carboxylic acid groups (broad SMARTS) is 1. The van der Waals surface area contributed by atoms with E-state index in [0.717, 1.165) is 6.07 Å². The molecule has 0 unspecified atom stereocenters. The summed E-state index contributed by atoms with van der Waals surface area (Å²) in [5, 5.41) is 42.1. The van der Waals surface area contributed by atoms with E-state index >= 15 is 4.79 Å². The lowest BCUT2D eigenvalue weighted by Gasteiger charge is -2.37. The van der Waals surface area contributed by atoms with Crippen LogP contribution in [0.1, 0.15) is 90.2 Å². The molecule has 1 fully saturated rings. The second kappa shape index (κ2) is 30.4. The van der Waals surface area contributed by atoms with Crippen molar-refractivity contribution in [1.82, 2.24) is 67.4 Å². The Balaban J connectivity index is 1.05. The number of amides is 10. The summed E-state index contributed by atoms with van der Waals surface area (Å²) in [5.41, 5.74) is 7.14.